The number of para-hydroxylation sites is 3. The van der Waals surface area contributed by atoms with E-state index in [4.69, 9.17) is 4.42 Å². The van der Waals surface area contributed by atoms with Crippen LogP contribution in [-0.4, -0.2) is 4.57 Å². The number of furan rings is 1. The number of nitrogens with zero attached hydrogens (tertiary/aromatic N) is 2. The summed E-state index contributed by atoms with van der Waals surface area (Å²) in [7, 11) is 0. The van der Waals surface area contributed by atoms with E-state index in [9.17, 15) is 0 Å². The molecule has 1 atom stereocenters. The Bertz CT molecular complexity index is 3520. The molecule has 0 saturated heterocycles. The van der Waals surface area contributed by atoms with Crippen molar-refractivity contribution in [2.45, 2.75) is 12.3 Å². The minimum atomic E-state index is -0.349. The van der Waals surface area contributed by atoms with Crippen molar-refractivity contribution in [2.24, 2.45) is 0 Å². The monoisotopic (exact) mass is 752 g/mol. The third kappa shape index (κ3) is 4.42. The lowest BCUT2D eigenvalue weighted by atomic mass is 9.70. The molecule has 59 heavy (non-hydrogen) atoms. The molecule has 11 aromatic rings. The smallest absolute Gasteiger partial charge is 0.136 e. The van der Waals surface area contributed by atoms with Gasteiger partial charge in [-0.3, -0.25) is 0 Å². The molecular formula is C56H36N2O. The highest BCUT2D eigenvalue weighted by molar-refractivity contribution is 6.16. The van der Waals surface area contributed by atoms with Crippen LogP contribution in [0.1, 0.15) is 23.6 Å². The van der Waals surface area contributed by atoms with Gasteiger partial charge in [0.2, 0.25) is 0 Å². The van der Waals surface area contributed by atoms with Gasteiger partial charge in [-0.2, -0.15) is 0 Å². The van der Waals surface area contributed by atoms with E-state index in [1.54, 1.807) is 0 Å². The van der Waals surface area contributed by atoms with Gasteiger partial charge in [-0.15, -0.1) is 0 Å². The summed E-state index contributed by atoms with van der Waals surface area (Å²) in [5.41, 5.74) is 20.0. The molecule has 2 aliphatic rings. The van der Waals surface area contributed by atoms with Gasteiger partial charge in [0.05, 0.1) is 22.4 Å². The summed E-state index contributed by atoms with van der Waals surface area (Å²) in [4.78, 5) is 2.49. The Morgan fingerprint density at radius 1 is 0.407 bits per heavy atom. The SMILES string of the molecule is CC12c3ccccc3-c3cccc(c31)N(c1ccc(-c3ccc4c(c3)oc3ccccc34)cc1)c1ccc(-c3cccc4c3c3ccccc3n4-c3ccccc3)cc12. The fraction of sp³-hybridized carbons (Fsp3) is 0.0357. The maximum atomic E-state index is 6.27. The van der Waals surface area contributed by atoms with Crippen LogP contribution in [0, 0.1) is 0 Å². The van der Waals surface area contributed by atoms with Crippen LogP contribution in [0.2, 0.25) is 0 Å². The predicted octanol–water partition coefficient (Wildman–Crippen LogP) is 15.1. The highest BCUT2D eigenvalue weighted by Gasteiger charge is 2.48. The first-order chi connectivity index (χ1) is 29.1. The van der Waals surface area contributed by atoms with E-state index in [-0.39, 0.29) is 5.41 Å². The van der Waals surface area contributed by atoms with Crippen molar-refractivity contribution >= 4 is 60.8 Å². The first-order valence-electron chi connectivity index (χ1n) is 20.4. The van der Waals surface area contributed by atoms with Gasteiger partial charge in [0, 0.05) is 38.3 Å². The topological polar surface area (TPSA) is 21.3 Å². The summed E-state index contributed by atoms with van der Waals surface area (Å²) in [5, 5.41) is 4.82. The van der Waals surface area contributed by atoms with Crippen molar-refractivity contribution in [3.8, 4) is 39.1 Å². The largest absolute Gasteiger partial charge is 0.456 e. The fourth-order valence-corrected chi connectivity index (χ4v) is 10.6. The van der Waals surface area contributed by atoms with Crippen molar-refractivity contribution < 1.29 is 4.42 Å². The van der Waals surface area contributed by atoms with Crippen molar-refractivity contribution in [3.05, 3.63) is 217 Å². The van der Waals surface area contributed by atoms with Crippen LogP contribution in [-0.2, 0) is 5.41 Å². The second kappa shape index (κ2) is 12.0. The third-order valence-corrected chi connectivity index (χ3v) is 13.2. The lowest BCUT2D eigenvalue weighted by molar-refractivity contribution is 0.669. The Kier molecular flexibility index (Phi) is 6.58. The minimum absolute atomic E-state index is 0.349. The van der Waals surface area contributed by atoms with Crippen molar-refractivity contribution in [1.29, 1.82) is 0 Å². The zero-order chi connectivity index (χ0) is 38.8. The molecule has 0 N–H and O–H groups in total. The summed E-state index contributed by atoms with van der Waals surface area (Å²) in [6.07, 6.45) is 0. The van der Waals surface area contributed by atoms with Crippen molar-refractivity contribution in [1.82, 2.24) is 4.57 Å². The molecule has 2 aromatic heterocycles. The predicted molar refractivity (Wildman–Crippen MR) is 245 cm³/mol. The number of benzene rings is 9. The average molecular weight is 753 g/mol. The zero-order valence-corrected chi connectivity index (χ0v) is 32.4. The number of hydrogen-bond donors (Lipinski definition) is 0. The number of hydrogen-bond acceptors (Lipinski definition) is 2. The van der Waals surface area contributed by atoms with Crippen LogP contribution in [0.15, 0.2) is 205 Å². The van der Waals surface area contributed by atoms with Gasteiger partial charge >= 0.3 is 0 Å². The Hall–Kier alpha value is -7.62. The maximum absolute atomic E-state index is 6.27. The second-order valence-electron chi connectivity index (χ2n) is 16.2. The van der Waals surface area contributed by atoms with E-state index in [0.29, 0.717) is 0 Å². The Labute approximate surface area is 341 Å². The van der Waals surface area contributed by atoms with E-state index in [2.05, 4.69) is 204 Å². The van der Waals surface area contributed by atoms with Gasteiger partial charge in [0.1, 0.15) is 11.2 Å². The molecule has 276 valence electrons. The van der Waals surface area contributed by atoms with Crippen LogP contribution in [0.5, 0.6) is 0 Å². The molecule has 3 nitrogen and oxygen atoms in total. The van der Waals surface area contributed by atoms with E-state index < -0.39 is 0 Å². The molecule has 0 fully saturated rings. The quantitative estimate of drug-likeness (QED) is 0.179. The fourth-order valence-electron chi connectivity index (χ4n) is 10.6. The van der Waals surface area contributed by atoms with Gasteiger partial charge in [-0.05, 0) is 130 Å². The Morgan fingerprint density at radius 3 is 1.98 bits per heavy atom. The number of rotatable bonds is 4. The molecule has 0 radical (unpaired) electrons. The molecule has 0 spiro atoms. The van der Waals surface area contributed by atoms with Crippen LogP contribution >= 0.6 is 0 Å². The Balaban J connectivity index is 1.00. The van der Waals surface area contributed by atoms with Gasteiger partial charge in [-0.25, -0.2) is 0 Å². The third-order valence-electron chi connectivity index (χ3n) is 13.2. The van der Waals surface area contributed by atoms with Crippen molar-refractivity contribution in [3.63, 3.8) is 0 Å². The molecule has 3 heterocycles. The van der Waals surface area contributed by atoms with E-state index in [1.165, 1.54) is 72.1 Å². The van der Waals surface area contributed by atoms with Gasteiger partial charge in [-0.1, -0.05) is 127 Å². The van der Waals surface area contributed by atoms with Crippen LogP contribution < -0.4 is 4.90 Å². The lowest BCUT2D eigenvalue weighted by Crippen LogP contribution is -2.32. The first kappa shape index (κ1) is 32.5. The average Bonchev–Trinajstić information content (AvgIpc) is 3.93. The number of aromatic nitrogens is 1. The van der Waals surface area contributed by atoms with E-state index in [0.717, 1.165) is 44.4 Å². The molecule has 13 rings (SSSR count). The standard InChI is InChI=1S/C56H36N2O/c1-56-46-20-8-5-15-41(46)44-19-12-23-51(55(44)56)58(39-29-25-35(26-30-39)36-27-31-43-42-16-7-10-24-52(42)59-53(43)34-36)49-32-28-37(33-47(49)56)40-18-11-22-50-54(40)45-17-6-9-21-48(45)57(50)38-13-3-2-4-14-38/h2-34H,1H3. The van der Waals surface area contributed by atoms with Gasteiger partial charge in [0.25, 0.3) is 0 Å². The summed E-state index contributed by atoms with van der Waals surface area (Å²) < 4.78 is 8.68. The van der Waals surface area contributed by atoms with Gasteiger partial charge < -0.3 is 13.9 Å². The molecule has 0 amide bonds. The van der Waals surface area contributed by atoms with Crippen LogP contribution in [0.25, 0.3) is 82.8 Å². The zero-order valence-electron chi connectivity index (χ0n) is 32.4. The van der Waals surface area contributed by atoms with E-state index in [1.807, 2.05) is 12.1 Å². The molecular weight excluding hydrogens is 717 g/mol. The summed E-state index contributed by atoms with van der Waals surface area (Å²) >= 11 is 0. The van der Waals surface area contributed by atoms with Gasteiger partial charge in [0.15, 0.2) is 0 Å². The van der Waals surface area contributed by atoms with Crippen LogP contribution in [0.4, 0.5) is 17.1 Å². The molecule has 0 bridgehead atoms. The number of fused-ring (bicyclic) bond motifs is 11. The Morgan fingerprint density at radius 2 is 1.08 bits per heavy atom. The number of anilines is 3. The second-order valence-corrected chi connectivity index (χ2v) is 16.2. The lowest BCUT2D eigenvalue weighted by Gasteiger charge is -2.42. The summed E-state index contributed by atoms with van der Waals surface area (Å²) in [5.74, 6) is 0. The normalized spacial score (nSPS) is 15.2. The maximum Gasteiger partial charge on any atom is 0.136 e. The van der Waals surface area contributed by atoms with E-state index >= 15 is 0 Å². The van der Waals surface area contributed by atoms with Crippen molar-refractivity contribution in [2.75, 3.05) is 4.90 Å². The molecule has 0 saturated carbocycles. The molecule has 1 unspecified atom stereocenters. The summed E-state index contributed by atoms with van der Waals surface area (Å²) in [6.45, 7) is 2.44. The summed E-state index contributed by atoms with van der Waals surface area (Å²) in [6, 6.07) is 73.3. The highest BCUT2D eigenvalue weighted by Crippen LogP contribution is 2.62. The molecule has 9 aromatic carbocycles. The first-order valence-corrected chi connectivity index (χ1v) is 20.4. The van der Waals surface area contributed by atoms with Crippen LogP contribution in [0.3, 0.4) is 0 Å². The minimum Gasteiger partial charge on any atom is -0.456 e. The highest BCUT2D eigenvalue weighted by atomic mass is 16.3. The molecule has 3 heteroatoms. The molecule has 1 aliphatic carbocycles. The molecule has 1 aliphatic heterocycles.